The summed E-state index contributed by atoms with van der Waals surface area (Å²) >= 11 is 1.63. The van der Waals surface area contributed by atoms with Crippen molar-refractivity contribution < 1.29 is 0 Å². The lowest BCUT2D eigenvalue weighted by Gasteiger charge is -2.14. The van der Waals surface area contributed by atoms with Crippen LogP contribution in [0.1, 0.15) is 11.4 Å². The van der Waals surface area contributed by atoms with Gasteiger partial charge in [0.25, 0.3) is 0 Å². The van der Waals surface area contributed by atoms with E-state index in [1.54, 1.807) is 11.3 Å². The number of likely N-dealkylation sites (N-methyl/N-ethyl adjacent to an activating group) is 1. The highest BCUT2D eigenvalue weighted by Gasteiger charge is 2.04. The molecule has 0 amide bonds. The number of aromatic nitrogens is 4. The summed E-state index contributed by atoms with van der Waals surface area (Å²) < 4.78 is 1.88. The van der Waals surface area contributed by atoms with Gasteiger partial charge < -0.3 is 5.32 Å². The first-order chi connectivity index (χ1) is 8.78. The first-order valence-electron chi connectivity index (χ1n) is 5.87. The Labute approximate surface area is 111 Å². The Bertz CT molecular complexity index is 452. The average molecular weight is 266 g/mol. The molecule has 0 fully saturated rings. The zero-order chi connectivity index (χ0) is 12.8. The Morgan fingerprint density at radius 3 is 3.06 bits per heavy atom. The van der Waals surface area contributed by atoms with Gasteiger partial charge in [0, 0.05) is 31.2 Å². The van der Waals surface area contributed by atoms with Crippen LogP contribution in [-0.2, 0) is 19.6 Å². The molecule has 0 aliphatic heterocycles. The van der Waals surface area contributed by atoms with Gasteiger partial charge in [-0.1, -0.05) is 5.21 Å². The van der Waals surface area contributed by atoms with Gasteiger partial charge >= 0.3 is 0 Å². The molecule has 0 aromatic carbocycles. The summed E-state index contributed by atoms with van der Waals surface area (Å²) in [6.45, 7) is 3.41. The summed E-state index contributed by atoms with van der Waals surface area (Å²) in [5.41, 5.74) is 3.96. The molecule has 0 radical (unpaired) electrons. The maximum atomic E-state index is 4.27. The van der Waals surface area contributed by atoms with E-state index in [0.717, 1.165) is 37.6 Å². The highest BCUT2D eigenvalue weighted by Crippen LogP contribution is 2.04. The summed E-state index contributed by atoms with van der Waals surface area (Å²) in [7, 11) is 3.99. The van der Waals surface area contributed by atoms with Crippen molar-refractivity contribution in [1.29, 1.82) is 0 Å². The molecular weight excluding hydrogens is 248 g/mol. The minimum atomic E-state index is 0.759. The van der Waals surface area contributed by atoms with E-state index in [-0.39, 0.29) is 0 Å². The molecule has 98 valence electrons. The van der Waals surface area contributed by atoms with Gasteiger partial charge in [-0.25, -0.2) is 4.98 Å². The molecular formula is C11H18N6S. The van der Waals surface area contributed by atoms with Crippen molar-refractivity contribution in [2.75, 3.05) is 20.6 Å². The lowest BCUT2D eigenvalue weighted by Crippen LogP contribution is -2.23. The summed E-state index contributed by atoms with van der Waals surface area (Å²) in [4.78, 5) is 6.50. The number of rotatable bonds is 7. The van der Waals surface area contributed by atoms with Crippen LogP contribution in [0, 0.1) is 0 Å². The molecule has 1 N–H and O–H groups in total. The minimum absolute atomic E-state index is 0.759. The van der Waals surface area contributed by atoms with Crippen molar-refractivity contribution in [3.8, 4) is 0 Å². The van der Waals surface area contributed by atoms with Crippen molar-refractivity contribution in [2.24, 2.45) is 0 Å². The molecule has 0 aliphatic carbocycles. The molecule has 0 aliphatic rings. The second kappa shape index (κ2) is 6.58. The number of hydrogen-bond acceptors (Lipinski definition) is 6. The summed E-state index contributed by atoms with van der Waals surface area (Å²) in [5.74, 6) is 0. The van der Waals surface area contributed by atoms with Gasteiger partial charge in [0.2, 0.25) is 0 Å². The summed E-state index contributed by atoms with van der Waals surface area (Å²) in [6.07, 6.45) is 1.98. The molecule has 2 rings (SSSR count). The second-order valence-corrected chi connectivity index (χ2v) is 4.94. The molecule has 0 unspecified atom stereocenters. The van der Waals surface area contributed by atoms with Gasteiger partial charge in [0.05, 0.1) is 23.4 Å². The first-order valence-corrected chi connectivity index (χ1v) is 6.81. The van der Waals surface area contributed by atoms with Crippen molar-refractivity contribution in [2.45, 2.75) is 19.6 Å². The fraction of sp³-hybridized carbons (Fsp3) is 0.545. The van der Waals surface area contributed by atoms with E-state index in [4.69, 9.17) is 0 Å². The van der Waals surface area contributed by atoms with Crippen LogP contribution in [0.15, 0.2) is 17.1 Å². The van der Waals surface area contributed by atoms with Crippen LogP contribution in [-0.4, -0.2) is 45.5 Å². The summed E-state index contributed by atoms with van der Waals surface area (Å²) in [6, 6.07) is 0. The average Bonchev–Trinajstić information content (AvgIpc) is 2.99. The van der Waals surface area contributed by atoms with E-state index < -0.39 is 0 Å². The highest BCUT2D eigenvalue weighted by atomic mass is 32.1. The number of hydrogen-bond donors (Lipinski definition) is 1. The SMILES string of the molecule is CNCc1cn(CCN(C)Cc2cscn2)nn1. The lowest BCUT2D eigenvalue weighted by atomic mass is 10.4. The molecule has 2 aromatic heterocycles. The molecule has 2 aromatic rings. The largest absolute Gasteiger partial charge is 0.314 e. The quantitative estimate of drug-likeness (QED) is 0.794. The van der Waals surface area contributed by atoms with Crippen molar-refractivity contribution in [1.82, 2.24) is 30.2 Å². The monoisotopic (exact) mass is 266 g/mol. The Morgan fingerprint density at radius 2 is 2.33 bits per heavy atom. The van der Waals surface area contributed by atoms with Gasteiger partial charge in [-0.15, -0.1) is 16.4 Å². The predicted molar refractivity (Wildman–Crippen MR) is 71.2 cm³/mol. The van der Waals surface area contributed by atoms with Crippen LogP contribution in [0.25, 0.3) is 0 Å². The summed E-state index contributed by atoms with van der Waals surface area (Å²) in [5, 5.41) is 13.3. The lowest BCUT2D eigenvalue weighted by molar-refractivity contribution is 0.301. The minimum Gasteiger partial charge on any atom is -0.314 e. The van der Waals surface area contributed by atoms with Crippen LogP contribution < -0.4 is 5.32 Å². The number of thiazole rings is 1. The van der Waals surface area contributed by atoms with Crippen molar-refractivity contribution in [3.63, 3.8) is 0 Å². The van der Waals surface area contributed by atoms with Gasteiger partial charge in [-0.2, -0.15) is 0 Å². The topological polar surface area (TPSA) is 58.9 Å². The first kappa shape index (κ1) is 13.1. The van der Waals surface area contributed by atoms with Gasteiger partial charge in [0.1, 0.15) is 0 Å². The molecule has 2 heterocycles. The molecule has 0 saturated carbocycles. The van der Waals surface area contributed by atoms with Crippen molar-refractivity contribution in [3.05, 3.63) is 28.5 Å². The van der Waals surface area contributed by atoms with Gasteiger partial charge in [-0.05, 0) is 14.1 Å². The van der Waals surface area contributed by atoms with Crippen LogP contribution in [0.4, 0.5) is 0 Å². The van der Waals surface area contributed by atoms with E-state index in [1.165, 1.54) is 0 Å². The third-order valence-corrected chi connectivity index (χ3v) is 3.21. The maximum absolute atomic E-state index is 4.27. The zero-order valence-electron chi connectivity index (χ0n) is 10.7. The van der Waals surface area contributed by atoms with Crippen LogP contribution in [0.5, 0.6) is 0 Å². The van der Waals surface area contributed by atoms with E-state index in [0.29, 0.717) is 0 Å². The Balaban J connectivity index is 1.76. The van der Waals surface area contributed by atoms with E-state index in [9.17, 15) is 0 Å². The standard InChI is InChI=1S/C11H18N6S/c1-12-5-10-7-17(15-14-10)4-3-16(2)6-11-8-18-9-13-11/h7-9,12H,3-6H2,1-2H3. The molecule has 6 nitrogen and oxygen atoms in total. The molecule has 0 spiro atoms. The van der Waals surface area contributed by atoms with Crippen LogP contribution >= 0.6 is 11.3 Å². The van der Waals surface area contributed by atoms with Crippen molar-refractivity contribution >= 4 is 11.3 Å². The zero-order valence-corrected chi connectivity index (χ0v) is 11.5. The second-order valence-electron chi connectivity index (χ2n) is 4.22. The third kappa shape index (κ3) is 3.86. The Hall–Kier alpha value is -1.31. The predicted octanol–water partition coefficient (Wildman–Crippen LogP) is 0.586. The molecule has 0 saturated heterocycles. The maximum Gasteiger partial charge on any atom is 0.0964 e. The number of nitrogens with one attached hydrogen (secondary N) is 1. The van der Waals surface area contributed by atoms with E-state index >= 15 is 0 Å². The Morgan fingerprint density at radius 1 is 1.44 bits per heavy atom. The third-order valence-electron chi connectivity index (χ3n) is 2.57. The molecule has 0 bridgehead atoms. The fourth-order valence-electron chi connectivity index (χ4n) is 1.65. The molecule has 18 heavy (non-hydrogen) atoms. The highest BCUT2D eigenvalue weighted by molar-refractivity contribution is 7.07. The smallest absolute Gasteiger partial charge is 0.0964 e. The van der Waals surface area contributed by atoms with Gasteiger partial charge in [-0.3, -0.25) is 9.58 Å². The molecule has 7 heteroatoms. The normalized spacial score (nSPS) is 11.3. The van der Waals surface area contributed by atoms with E-state index in [2.05, 4.69) is 37.9 Å². The molecule has 0 atom stereocenters. The fourth-order valence-corrected chi connectivity index (χ4v) is 2.20. The van der Waals surface area contributed by atoms with Crippen LogP contribution in [0.3, 0.4) is 0 Å². The number of nitrogens with zero attached hydrogens (tertiary/aromatic N) is 5. The van der Waals surface area contributed by atoms with E-state index in [1.807, 2.05) is 23.4 Å². The van der Waals surface area contributed by atoms with Crippen LogP contribution in [0.2, 0.25) is 0 Å². The Kier molecular flexibility index (Phi) is 4.80. The van der Waals surface area contributed by atoms with Gasteiger partial charge in [0.15, 0.2) is 0 Å².